The second kappa shape index (κ2) is 8.09. The number of hydrogen-bond donors (Lipinski definition) is 1. The third-order valence-electron chi connectivity index (χ3n) is 6.61. The molecule has 2 aromatic rings. The molecule has 0 radical (unpaired) electrons. The average Bonchev–Trinajstić information content (AvgIpc) is 3.47. The zero-order chi connectivity index (χ0) is 24.3. The third kappa shape index (κ3) is 3.86. The predicted octanol–water partition coefficient (Wildman–Crippen LogP) is 0.860. The zero-order valence-corrected chi connectivity index (χ0v) is 18.5. The van der Waals surface area contributed by atoms with E-state index in [1.54, 1.807) is 5.01 Å². The van der Waals surface area contributed by atoms with Gasteiger partial charge in [-0.25, -0.2) is 4.98 Å². The largest absolute Gasteiger partial charge is 0.488 e. The summed E-state index contributed by atoms with van der Waals surface area (Å²) in [7, 11) is 0. The summed E-state index contributed by atoms with van der Waals surface area (Å²) >= 11 is 0. The fraction of sp³-hybridized carbons (Fsp3) is 0.524. The van der Waals surface area contributed by atoms with Gasteiger partial charge >= 0.3 is 6.18 Å². The number of hydrogen-bond acceptors (Lipinski definition) is 10. The van der Waals surface area contributed by atoms with Crippen molar-refractivity contribution < 1.29 is 27.4 Å². The number of ketones is 1. The Kier molecular flexibility index (Phi) is 5.11. The van der Waals surface area contributed by atoms with E-state index in [4.69, 9.17) is 9.47 Å². The SMILES string of the molecule is O=C(CN1c2nc(N3C[C@@H]4CN3CO4)cc(=O)n2CC[C@H]1C(F)(F)F)c1cnc2c(c1)OCCN2. The molecular formula is C21H22F3N7O4. The van der Waals surface area contributed by atoms with Gasteiger partial charge in [0.1, 0.15) is 19.4 Å². The number of rotatable bonds is 4. The maximum atomic E-state index is 14.0. The van der Waals surface area contributed by atoms with E-state index >= 15 is 0 Å². The normalized spacial score (nSPS) is 25.1. The maximum Gasteiger partial charge on any atom is 0.408 e. The Morgan fingerprint density at radius 2 is 2.11 bits per heavy atom. The molecule has 1 N–H and O–H groups in total. The van der Waals surface area contributed by atoms with Crippen LogP contribution in [-0.4, -0.2) is 83.2 Å². The van der Waals surface area contributed by atoms with Crippen LogP contribution in [0.3, 0.4) is 0 Å². The first kappa shape index (κ1) is 22.1. The van der Waals surface area contributed by atoms with Gasteiger partial charge in [0.25, 0.3) is 5.56 Å². The minimum absolute atomic E-state index is 0.0515. The van der Waals surface area contributed by atoms with Crippen LogP contribution in [0, 0.1) is 0 Å². The summed E-state index contributed by atoms with van der Waals surface area (Å²) in [6, 6.07) is 0.820. The fourth-order valence-electron chi connectivity index (χ4n) is 4.89. The summed E-state index contributed by atoms with van der Waals surface area (Å²) in [5.74, 6) is 0.311. The van der Waals surface area contributed by atoms with Crippen LogP contribution < -0.4 is 25.5 Å². The monoisotopic (exact) mass is 493 g/mol. The quantitative estimate of drug-likeness (QED) is 0.617. The first-order valence-corrected chi connectivity index (χ1v) is 11.3. The molecule has 35 heavy (non-hydrogen) atoms. The molecule has 0 spiro atoms. The van der Waals surface area contributed by atoms with Crippen LogP contribution in [0.15, 0.2) is 23.1 Å². The van der Waals surface area contributed by atoms with Gasteiger partial charge < -0.3 is 19.7 Å². The summed E-state index contributed by atoms with van der Waals surface area (Å²) in [6.07, 6.45) is -3.74. The van der Waals surface area contributed by atoms with Crippen LogP contribution in [-0.2, 0) is 11.3 Å². The molecule has 2 aromatic heterocycles. The van der Waals surface area contributed by atoms with E-state index in [9.17, 15) is 22.8 Å². The number of hydrazine groups is 1. The molecule has 0 aromatic carbocycles. The van der Waals surface area contributed by atoms with Gasteiger partial charge in [-0.05, 0) is 12.5 Å². The number of fused-ring (bicyclic) bond motifs is 4. The molecule has 2 bridgehead atoms. The molecule has 3 atom stereocenters. The lowest BCUT2D eigenvalue weighted by Gasteiger charge is -2.39. The minimum atomic E-state index is -4.62. The molecule has 0 saturated carbocycles. The highest BCUT2D eigenvalue weighted by Gasteiger charge is 2.48. The zero-order valence-electron chi connectivity index (χ0n) is 18.5. The molecule has 2 saturated heterocycles. The van der Waals surface area contributed by atoms with Gasteiger partial charge in [-0.3, -0.25) is 19.2 Å². The van der Waals surface area contributed by atoms with Gasteiger partial charge in [0, 0.05) is 30.9 Å². The number of ether oxygens (including phenoxy) is 2. The second-order valence-electron chi connectivity index (χ2n) is 8.84. The van der Waals surface area contributed by atoms with E-state index in [2.05, 4.69) is 15.3 Å². The Balaban J connectivity index is 1.36. The molecule has 14 heteroatoms. The maximum absolute atomic E-state index is 14.0. The Morgan fingerprint density at radius 3 is 2.86 bits per heavy atom. The van der Waals surface area contributed by atoms with E-state index in [1.807, 2.05) is 5.01 Å². The third-order valence-corrected chi connectivity index (χ3v) is 6.61. The molecule has 2 fully saturated rings. The summed E-state index contributed by atoms with van der Waals surface area (Å²) in [6.45, 7) is 1.57. The van der Waals surface area contributed by atoms with Crippen molar-refractivity contribution in [2.75, 3.05) is 54.7 Å². The second-order valence-corrected chi connectivity index (χ2v) is 8.84. The highest BCUT2D eigenvalue weighted by molar-refractivity contribution is 5.99. The Hall–Kier alpha value is -3.39. The van der Waals surface area contributed by atoms with Crippen molar-refractivity contribution in [3.63, 3.8) is 0 Å². The van der Waals surface area contributed by atoms with Gasteiger partial charge in [-0.2, -0.15) is 23.2 Å². The van der Waals surface area contributed by atoms with Crippen molar-refractivity contribution in [2.24, 2.45) is 0 Å². The van der Waals surface area contributed by atoms with E-state index in [-0.39, 0.29) is 36.4 Å². The predicted molar refractivity (Wildman–Crippen MR) is 117 cm³/mol. The van der Waals surface area contributed by atoms with E-state index < -0.39 is 30.1 Å². The summed E-state index contributed by atoms with van der Waals surface area (Å²) in [4.78, 5) is 35.5. The van der Waals surface area contributed by atoms with Crippen LogP contribution in [0.5, 0.6) is 5.75 Å². The number of carbonyl (C=O) groups excluding carboxylic acids is 1. The molecule has 4 aliphatic heterocycles. The molecule has 0 amide bonds. The van der Waals surface area contributed by atoms with Crippen LogP contribution in [0.25, 0.3) is 0 Å². The molecule has 11 nitrogen and oxygen atoms in total. The van der Waals surface area contributed by atoms with Crippen LogP contribution >= 0.6 is 0 Å². The van der Waals surface area contributed by atoms with Gasteiger partial charge in [0.15, 0.2) is 23.2 Å². The van der Waals surface area contributed by atoms with E-state index in [1.165, 1.54) is 22.9 Å². The van der Waals surface area contributed by atoms with Crippen molar-refractivity contribution >= 4 is 23.4 Å². The van der Waals surface area contributed by atoms with Gasteiger partial charge in [0.05, 0.1) is 25.7 Å². The van der Waals surface area contributed by atoms with Gasteiger partial charge in [-0.1, -0.05) is 0 Å². The lowest BCUT2D eigenvalue weighted by atomic mass is 10.1. The smallest absolute Gasteiger partial charge is 0.408 e. The molecule has 0 aliphatic carbocycles. The number of nitrogens with zero attached hydrogens (tertiary/aromatic N) is 6. The lowest BCUT2D eigenvalue weighted by Crippen LogP contribution is -2.54. The van der Waals surface area contributed by atoms with Crippen molar-refractivity contribution in [1.82, 2.24) is 19.5 Å². The van der Waals surface area contributed by atoms with Gasteiger partial charge in [-0.15, -0.1) is 0 Å². The Bertz CT molecular complexity index is 1240. The topological polar surface area (TPSA) is 105 Å². The fourth-order valence-corrected chi connectivity index (χ4v) is 4.89. The molecule has 186 valence electrons. The summed E-state index contributed by atoms with van der Waals surface area (Å²) in [5, 5.41) is 6.61. The number of nitrogens with one attached hydrogen (secondary N) is 1. The number of aromatic nitrogens is 3. The first-order chi connectivity index (χ1) is 16.8. The first-order valence-electron chi connectivity index (χ1n) is 11.3. The number of anilines is 3. The Labute approximate surface area is 197 Å². The van der Waals surface area contributed by atoms with Crippen molar-refractivity contribution in [2.45, 2.75) is 31.3 Å². The number of halogens is 3. The number of alkyl halides is 3. The number of carbonyl (C=O) groups is 1. The lowest BCUT2D eigenvalue weighted by molar-refractivity contribution is -0.152. The summed E-state index contributed by atoms with van der Waals surface area (Å²) in [5.41, 5.74) is -0.355. The molecule has 1 unspecified atom stereocenters. The highest BCUT2D eigenvalue weighted by atomic mass is 19.4. The average molecular weight is 493 g/mol. The van der Waals surface area contributed by atoms with E-state index in [0.717, 1.165) is 4.90 Å². The summed E-state index contributed by atoms with van der Waals surface area (Å²) < 4.78 is 54.3. The number of Topliss-reactive ketones (excluding diaryl/α,β-unsaturated/α-hetero) is 1. The Morgan fingerprint density at radius 1 is 1.26 bits per heavy atom. The molecular weight excluding hydrogens is 471 g/mol. The standard InChI is InChI=1S/C21H22F3N7O4/c22-21(23,24)16-1-3-29-18(33)6-17(31-9-13-8-28(31)11-35-13)27-20(29)30(16)10-14(32)12-5-15-19(26-7-12)25-2-4-34-15/h5-7,13,16H,1-4,8-11H2,(H,25,26)/t13-,16-/m0/s1. The molecule has 6 rings (SSSR count). The van der Waals surface area contributed by atoms with Crippen LogP contribution in [0.1, 0.15) is 16.8 Å². The molecule has 4 aliphatic rings. The van der Waals surface area contributed by atoms with Crippen LogP contribution in [0.2, 0.25) is 0 Å². The van der Waals surface area contributed by atoms with Crippen molar-refractivity contribution in [3.05, 3.63) is 34.2 Å². The highest BCUT2D eigenvalue weighted by Crippen LogP contribution is 2.35. The van der Waals surface area contributed by atoms with Gasteiger partial charge in [0.2, 0.25) is 5.95 Å². The van der Waals surface area contributed by atoms with E-state index in [0.29, 0.717) is 44.5 Å². The minimum Gasteiger partial charge on any atom is -0.488 e. The van der Waals surface area contributed by atoms with Crippen LogP contribution in [0.4, 0.5) is 30.8 Å². The van der Waals surface area contributed by atoms with Crippen molar-refractivity contribution in [3.8, 4) is 5.75 Å². The molecule has 6 heterocycles. The number of pyridine rings is 1. The van der Waals surface area contributed by atoms with Crippen molar-refractivity contribution in [1.29, 1.82) is 0 Å².